The van der Waals surface area contributed by atoms with Gasteiger partial charge in [0, 0.05) is 0 Å². The minimum atomic E-state index is -0.755. The molecule has 3 heteroatoms. The zero-order valence-electron chi connectivity index (χ0n) is 22.8. The zero-order valence-corrected chi connectivity index (χ0v) is 22.8. The van der Waals surface area contributed by atoms with Crippen LogP contribution in [0.25, 0.3) is 0 Å². The molecular formula is C30H52O3. The number of hydrogen-bond donors (Lipinski definition) is 2. The van der Waals surface area contributed by atoms with E-state index >= 15 is 0 Å². The Hall–Kier alpha value is -0.120. The lowest BCUT2D eigenvalue weighted by atomic mass is 9.35. The maximum absolute atomic E-state index is 10.9. The smallest absolute Gasteiger partial charge is 0.0865 e. The van der Waals surface area contributed by atoms with E-state index in [-0.39, 0.29) is 23.2 Å². The fourth-order valence-electron chi connectivity index (χ4n) is 11.1. The Kier molecular flexibility index (Phi) is 5.38. The molecule has 3 nitrogen and oxygen atoms in total. The second-order valence-electron chi connectivity index (χ2n) is 15.3. The second kappa shape index (κ2) is 7.22. The average molecular weight is 461 g/mol. The minimum Gasteiger partial charge on any atom is -0.393 e. The monoisotopic (exact) mass is 460 g/mol. The molecule has 5 fully saturated rings. The number of fused-ring (bicyclic) bond motifs is 5. The van der Waals surface area contributed by atoms with Gasteiger partial charge < -0.3 is 14.9 Å². The third kappa shape index (κ3) is 3.16. The molecule has 0 aromatic carbocycles. The maximum atomic E-state index is 10.9. The first-order valence-corrected chi connectivity index (χ1v) is 14.2. The van der Waals surface area contributed by atoms with Crippen LogP contribution < -0.4 is 0 Å². The van der Waals surface area contributed by atoms with Crippen LogP contribution in [0, 0.1) is 45.3 Å². The summed E-state index contributed by atoms with van der Waals surface area (Å²) in [5.74, 6) is 2.73. The molecule has 1 saturated heterocycles. The molecule has 10 atom stereocenters. The van der Waals surface area contributed by atoms with Gasteiger partial charge in [0.1, 0.15) is 0 Å². The van der Waals surface area contributed by atoms with Crippen molar-refractivity contribution >= 4 is 0 Å². The average Bonchev–Trinajstić information content (AvgIpc) is 3.27. The first kappa shape index (κ1) is 24.6. The van der Waals surface area contributed by atoms with Gasteiger partial charge in [-0.1, -0.05) is 34.6 Å². The van der Waals surface area contributed by atoms with Gasteiger partial charge in [-0.15, -0.1) is 0 Å². The van der Waals surface area contributed by atoms with Crippen LogP contribution in [0.4, 0.5) is 0 Å². The van der Waals surface area contributed by atoms with Crippen LogP contribution in [0.3, 0.4) is 0 Å². The highest BCUT2D eigenvalue weighted by molar-refractivity contribution is 5.18. The summed E-state index contributed by atoms with van der Waals surface area (Å²) in [6, 6.07) is 0. The molecule has 2 unspecified atom stereocenters. The third-order valence-corrected chi connectivity index (χ3v) is 13.3. The molecule has 5 aliphatic rings. The van der Waals surface area contributed by atoms with Crippen molar-refractivity contribution in [2.75, 3.05) is 0 Å². The Bertz CT molecular complexity index is 784. The number of aliphatic hydroxyl groups is 2. The first-order chi connectivity index (χ1) is 15.1. The first-order valence-electron chi connectivity index (χ1n) is 14.2. The van der Waals surface area contributed by atoms with E-state index in [9.17, 15) is 10.2 Å². The van der Waals surface area contributed by atoms with Crippen molar-refractivity contribution in [3.8, 4) is 0 Å². The van der Waals surface area contributed by atoms with E-state index in [4.69, 9.17) is 4.74 Å². The Morgan fingerprint density at radius 2 is 1.36 bits per heavy atom. The fraction of sp³-hybridized carbons (Fsp3) is 1.00. The van der Waals surface area contributed by atoms with Gasteiger partial charge in [0.2, 0.25) is 0 Å². The highest BCUT2D eigenvalue weighted by atomic mass is 16.5. The Balaban J connectivity index is 1.44. The minimum absolute atomic E-state index is 0.0293. The third-order valence-electron chi connectivity index (χ3n) is 13.3. The quantitative estimate of drug-likeness (QED) is 0.480. The number of ether oxygens (including phenoxy) is 1. The van der Waals surface area contributed by atoms with Crippen molar-refractivity contribution in [1.82, 2.24) is 0 Å². The topological polar surface area (TPSA) is 49.7 Å². The van der Waals surface area contributed by atoms with Gasteiger partial charge in [-0.05, 0) is 130 Å². The van der Waals surface area contributed by atoms with E-state index in [1.807, 2.05) is 13.8 Å². The van der Waals surface area contributed by atoms with Crippen molar-refractivity contribution in [1.29, 1.82) is 0 Å². The number of hydrogen-bond acceptors (Lipinski definition) is 3. The Morgan fingerprint density at radius 3 is 2.00 bits per heavy atom. The van der Waals surface area contributed by atoms with Gasteiger partial charge in [0.25, 0.3) is 0 Å². The lowest BCUT2D eigenvalue weighted by Gasteiger charge is -2.70. The predicted octanol–water partition coefficient (Wildman–Crippen LogP) is 6.74. The summed E-state index contributed by atoms with van der Waals surface area (Å²) in [5, 5.41) is 21.5. The molecule has 5 rings (SSSR count). The van der Waals surface area contributed by atoms with Crippen molar-refractivity contribution in [2.45, 2.75) is 143 Å². The molecule has 4 saturated carbocycles. The number of rotatable bonds is 2. The van der Waals surface area contributed by atoms with E-state index < -0.39 is 5.60 Å². The molecule has 1 heterocycles. The fourth-order valence-corrected chi connectivity index (χ4v) is 11.1. The SMILES string of the molecule is CC(C)(O)C1CC[C@@](C)([C@@H]2CC[C@@]3(C)[C@H]2CC[C@@H]2[C@@]4(C)CCC(O)C(C)(C)[C@@H]4CC[C@]23C)O1. The van der Waals surface area contributed by atoms with Crippen molar-refractivity contribution < 1.29 is 14.9 Å². The molecular weight excluding hydrogens is 408 g/mol. The van der Waals surface area contributed by atoms with Crippen LogP contribution in [0.2, 0.25) is 0 Å². The molecule has 0 amide bonds. The summed E-state index contributed by atoms with van der Waals surface area (Å²) in [7, 11) is 0. The van der Waals surface area contributed by atoms with E-state index in [0.717, 1.165) is 31.1 Å². The van der Waals surface area contributed by atoms with Crippen LogP contribution in [0.5, 0.6) is 0 Å². The van der Waals surface area contributed by atoms with Gasteiger partial charge in [0.15, 0.2) is 0 Å². The normalized spacial score (nSPS) is 56.2. The molecule has 1 aliphatic heterocycles. The van der Waals surface area contributed by atoms with Gasteiger partial charge in [-0.25, -0.2) is 0 Å². The Morgan fingerprint density at radius 1 is 0.697 bits per heavy atom. The van der Waals surface area contributed by atoms with E-state index in [1.165, 1.54) is 44.9 Å². The number of aliphatic hydroxyl groups excluding tert-OH is 1. The zero-order chi connectivity index (χ0) is 24.2. The predicted molar refractivity (Wildman–Crippen MR) is 134 cm³/mol. The maximum Gasteiger partial charge on any atom is 0.0865 e. The second-order valence-corrected chi connectivity index (χ2v) is 15.3. The molecule has 4 aliphatic carbocycles. The lowest BCUT2D eigenvalue weighted by molar-refractivity contribution is -0.227. The molecule has 0 bridgehead atoms. The summed E-state index contributed by atoms with van der Waals surface area (Å²) in [5.41, 5.74) is 0.277. The van der Waals surface area contributed by atoms with Gasteiger partial charge in [0.05, 0.1) is 23.4 Å². The van der Waals surface area contributed by atoms with Crippen LogP contribution in [-0.4, -0.2) is 33.6 Å². The van der Waals surface area contributed by atoms with E-state index in [1.54, 1.807) is 0 Å². The van der Waals surface area contributed by atoms with Crippen LogP contribution in [0.15, 0.2) is 0 Å². The standard InChI is InChI=1S/C30H52O3/c1-25(2)21-12-17-29(7)22(27(21,5)15-13-23(25)31)10-9-19-20(11-16-28(19,29)6)30(8)18-14-24(33-30)26(3,4)32/h19-24,31-32H,9-18H2,1-8H3/t19-,20+,21-,22+,23?,24?,27-,28-,29+,30-/m0/s1. The van der Waals surface area contributed by atoms with Crippen LogP contribution in [0.1, 0.15) is 120 Å². The molecule has 33 heavy (non-hydrogen) atoms. The van der Waals surface area contributed by atoms with E-state index in [2.05, 4.69) is 41.5 Å². The van der Waals surface area contributed by atoms with Crippen molar-refractivity contribution in [3.63, 3.8) is 0 Å². The van der Waals surface area contributed by atoms with Crippen molar-refractivity contribution in [3.05, 3.63) is 0 Å². The van der Waals surface area contributed by atoms with Crippen molar-refractivity contribution in [2.24, 2.45) is 45.3 Å². The highest BCUT2D eigenvalue weighted by Crippen LogP contribution is 2.76. The molecule has 190 valence electrons. The van der Waals surface area contributed by atoms with Gasteiger partial charge in [-0.2, -0.15) is 0 Å². The van der Waals surface area contributed by atoms with Crippen LogP contribution in [-0.2, 0) is 4.74 Å². The summed E-state index contributed by atoms with van der Waals surface area (Å²) in [4.78, 5) is 0. The Labute approximate surface area is 203 Å². The van der Waals surface area contributed by atoms with Gasteiger partial charge >= 0.3 is 0 Å². The summed E-state index contributed by atoms with van der Waals surface area (Å²) < 4.78 is 6.73. The summed E-state index contributed by atoms with van der Waals surface area (Å²) >= 11 is 0. The molecule has 2 N–H and O–H groups in total. The largest absolute Gasteiger partial charge is 0.393 e. The summed E-state index contributed by atoms with van der Waals surface area (Å²) in [6.45, 7) is 18.8. The van der Waals surface area contributed by atoms with E-state index in [0.29, 0.717) is 28.1 Å². The lowest BCUT2D eigenvalue weighted by Crippen LogP contribution is -2.64. The molecule has 0 aromatic rings. The van der Waals surface area contributed by atoms with Crippen LogP contribution >= 0.6 is 0 Å². The molecule has 0 aromatic heterocycles. The van der Waals surface area contributed by atoms with Gasteiger partial charge in [-0.3, -0.25) is 0 Å². The summed E-state index contributed by atoms with van der Waals surface area (Å²) in [6.07, 6.45) is 11.9. The molecule has 0 spiro atoms. The highest BCUT2D eigenvalue weighted by Gasteiger charge is 2.70. The molecule has 0 radical (unpaired) electrons.